The molecule has 1 heterocycles. The van der Waals surface area contributed by atoms with Crippen molar-refractivity contribution in [1.82, 2.24) is 5.32 Å². The maximum Gasteiger partial charge on any atom is 0.0604 e. The van der Waals surface area contributed by atoms with Crippen LogP contribution in [-0.2, 0) is 4.74 Å². The molecule has 2 nitrogen and oxygen atoms in total. The zero-order valence-electron chi connectivity index (χ0n) is 10.9. The van der Waals surface area contributed by atoms with Gasteiger partial charge in [-0.15, -0.1) is 0 Å². The van der Waals surface area contributed by atoms with Crippen molar-refractivity contribution in [2.24, 2.45) is 11.8 Å². The lowest BCUT2D eigenvalue weighted by molar-refractivity contribution is 0.00432. The summed E-state index contributed by atoms with van der Waals surface area (Å²) in [6.07, 6.45) is 2.82. The first-order valence-corrected chi connectivity index (χ1v) is 6.42. The third-order valence-corrected chi connectivity index (χ3v) is 3.47. The summed E-state index contributed by atoms with van der Waals surface area (Å²) in [6, 6.07) is 1.25. The molecule has 1 N–H and O–H groups in total. The van der Waals surface area contributed by atoms with E-state index >= 15 is 0 Å². The highest BCUT2D eigenvalue weighted by molar-refractivity contribution is 4.88. The average Bonchev–Trinajstić information content (AvgIpc) is 2.17. The second kappa shape index (κ2) is 5.86. The van der Waals surface area contributed by atoms with Gasteiger partial charge in [0.05, 0.1) is 6.10 Å². The van der Waals surface area contributed by atoms with Gasteiger partial charge in [-0.1, -0.05) is 27.7 Å². The Hall–Kier alpha value is -0.0800. The van der Waals surface area contributed by atoms with Gasteiger partial charge in [0, 0.05) is 18.7 Å². The van der Waals surface area contributed by atoms with E-state index < -0.39 is 0 Å². The van der Waals surface area contributed by atoms with Crippen LogP contribution in [0.1, 0.15) is 47.5 Å². The van der Waals surface area contributed by atoms with Crippen molar-refractivity contribution in [1.29, 1.82) is 0 Å². The van der Waals surface area contributed by atoms with E-state index in [2.05, 4.69) is 39.9 Å². The molecule has 2 unspecified atom stereocenters. The molecule has 1 rings (SSSR count). The maximum absolute atomic E-state index is 5.80. The van der Waals surface area contributed by atoms with Crippen LogP contribution in [0.25, 0.3) is 0 Å². The summed E-state index contributed by atoms with van der Waals surface area (Å²) in [4.78, 5) is 0. The van der Waals surface area contributed by atoms with Crippen molar-refractivity contribution in [2.75, 3.05) is 6.61 Å². The molecule has 0 radical (unpaired) electrons. The number of hydrogen-bond donors (Lipinski definition) is 1. The number of rotatable bonds is 4. The SMILES string of the molecule is CCOC1CC(C(C)C)NC(C(C)C)C1. The van der Waals surface area contributed by atoms with Crippen molar-refractivity contribution >= 4 is 0 Å². The van der Waals surface area contributed by atoms with E-state index in [1.165, 1.54) is 12.8 Å². The molecule has 0 aromatic heterocycles. The number of nitrogens with one attached hydrogen (secondary N) is 1. The first-order valence-electron chi connectivity index (χ1n) is 6.42. The van der Waals surface area contributed by atoms with Gasteiger partial charge in [-0.3, -0.25) is 0 Å². The Morgan fingerprint density at radius 1 is 1.07 bits per heavy atom. The molecule has 2 atom stereocenters. The summed E-state index contributed by atoms with van der Waals surface area (Å²) in [6.45, 7) is 12.1. The van der Waals surface area contributed by atoms with Gasteiger partial charge in [-0.25, -0.2) is 0 Å². The fraction of sp³-hybridized carbons (Fsp3) is 1.00. The Labute approximate surface area is 94.8 Å². The van der Waals surface area contributed by atoms with E-state index in [9.17, 15) is 0 Å². The quantitative estimate of drug-likeness (QED) is 0.775. The molecule has 0 amide bonds. The highest BCUT2D eigenvalue weighted by Crippen LogP contribution is 2.24. The Bertz CT molecular complexity index is 163. The van der Waals surface area contributed by atoms with Gasteiger partial charge in [0.1, 0.15) is 0 Å². The lowest BCUT2D eigenvalue weighted by Crippen LogP contribution is -2.52. The molecule has 1 saturated heterocycles. The smallest absolute Gasteiger partial charge is 0.0604 e. The minimum Gasteiger partial charge on any atom is -0.378 e. The Morgan fingerprint density at radius 2 is 1.53 bits per heavy atom. The normalized spacial score (nSPS) is 32.6. The van der Waals surface area contributed by atoms with Crippen molar-refractivity contribution in [3.8, 4) is 0 Å². The Morgan fingerprint density at radius 3 is 1.87 bits per heavy atom. The molecule has 0 aromatic carbocycles. The molecule has 0 bridgehead atoms. The molecule has 0 spiro atoms. The summed E-state index contributed by atoms with van der Waals surface area (Å²) in [5, 5.41) is 3.76. The van der Waals surface area contributed by atoms with E-state index in [1.54, 1.807) is 0 Å². The third-order valence-electron chi connectivity index (χ3n) is 3.47. The molecular formula is C13H27NO. The Kier molecular flexibility index (Phi) is 5.07. The lowest BCUT2D eigenvalue weighted by Gasteiger charge is -2.39. The fourth-order valence-electron chi connectivity index (χ4n) is 2.37. The van der Waals surface area contributed by atoms with Crippen LogP contribution in [0.4, 0.5) is 0 Å². The van der Waals surface area contributed by atoms with E-state index in [0.717, 1.165) is 6.61 Å². The summed E-state index contributed by atoms with van der Waals surface area (Å²) in [5.41, 5.74) is 0. The molecule has 2 heteroatoms. The standard InChI is InChI=1S/C13H27NO/c1-6-15-11-7-12(9(2)3)14-13(8-11)10(4)5/h9-14H,6-8H2,1-5H3. The monoisotopic (exact) mass is 213 g/mol. The molecule has 0 aliphatic carbocycles. The second-order valence-electron chi connectivity index (χ2n) is 5.42. The first kappa shape index (κ1) is 13.0. The highest BCUT2D eigenvalue weighted by Gasteiger charge is 2.31. The van der Waals surface area contributed by atoms with E-state index in [4.69, 9.17) is 4.74 Å². The van der Waals surface area contributed by atoms with Gasteiger partial charge in [-0.2, -0.15) is 0 Å². The van der Waals surface area contributed by atoms with Crippen LogP contribution in [0.15, 0.2) is 0 Å². The summed E-state index contributed by atoms with van der Waals surface area (Å²) >= 11 is 0. The largest absolute Gasteiger partial charge is 0.378 e. The topological polar surface area (TPSA) is 21.3 Å². The number of piperidine rings is 1. The second-order valence-corrected chi connectivity index (χ2v) is 5.42. The van der Waals surface area contributed by atoms with Crippen LogP contribution in [-0.4, -0.2) is 24.8 Å². The predicted octanol–water partition coefficient (Wildman–Crippen LogP) is 2.82. The van der Waals surface area contributed by atoms with E-state index in [0.29, 0.717) is 30.0 Å². The fourth-order valence-corrected chi connectivity index (χ4v) is 2.37. The lowest BCUT2D eigenvalue weighted by atomic mass is 9.85. The number of hydrogen-bond acceptors (Lipinski definition) is 2. The minimum absolute atomic E-state index is 0.469. The molecule has 90 valence electrons. The predicted molar refractivity (Wildman–Crippen MR) is 65.0 cm³/mol. The number of ether oxygens (including phenoxy) is 1. The van der Waals surface area contributed by atoms with Gasteiger partial charge >= 0.3 is 0 Å². The summed E-state index contributed by atoms with van der Waals surface area (Å²) in [5.74, 6) is 1.41. The van der Waals surface area contributed by atoms with Crippen LogP contribution in [0, 0.1) is 11.8 Å². The van der Waals surface area contributed by atoms with E-state index in [-0.39, 0.29) is 0 Å². The zero-order valence-corrected chi connectivity index (χ0v) is 10.9. The van der Waals surface area contributed by atoms with Crippen molar-refractivity contribution < 1.29 is 4.74 Å². The van der Waals surface area contributed by atoms with Crippen LogP contribution in [0.3, 0.4) is 0 Å². The average molecular weight is 213 g/mol. The summed E-state index contributed by atoms with van der Waals surface area (Å²) in [7, 11) is 0. The molecule has 1 aliphatic heterocycles. The maximum atomic E-state index is 5.80. The van der Waals surface area contributed by atoms with Gasteiger partial charge in [0.25, 0.3) is 0 Å². The van der Waals surface area contributed by atoms with Crippen molar-refractivity contribution in [2.45, 2.75) is 65.6 Å². The molecular weight excluding hydrogens is 186 g/mol. The Balaban J connectivity index is 2.56. The van der Waals surface area contributed by atoms with Crippen molar-refractivity contribution in [3.63, 3.8) is 0 Å². The molecule has 0 saturated carbocycles. The van der Waals surface area contributed by atoms with Crippen LogP contribution in [0.2, 0.25) is 0 Å². The highest BCUT2D eigenvalue weighted by atomic mass is 16.5. The molecule has 15 heavy (non-hydrogen) atoms. The zero-order chi connectivity index (χ0) is 11.4. The van der Waals surface area contributed by atoms with Gasteiger partial charge in [-0.05, 0) is 31.6 Å². The van der Waals surface area contributed by atoms with Gasteiger partial charge in [0.2, 0.25) is 0 Å². The van der Waals surface area contributed by atoms with Crippen LogP contribution in [0.5, 0.6) is 0 Å². The molecule has 0 aromatic rings. The first-order chi connectivity index (χ1) is 7.04. The minimum atomic E-state index is 0.469. The molecule has 1 aliphatic rings. The van der Waals surface area contributed by atoms with Gasteiger partial charge < -0.3 is 10.1 Å². The van der Waals surface area contributed by atoms with Crippen LogP contribution < -0.4 is 5.32 Å². The third kappa shape index (κ3) is 3.76. The van der Waals surface area contributed by atoms with E-state index in [1.807, 2.05) is 0 Å². The van der Waals surface area contributed by atoms with Crippen LogP contribution >= 0.6 is 0 Å². The van der Waals surface area contributed by atoms with Gasteiger partial charge in [0.15, 0.2) is 0 Å². The van der Waals surface area contributed by atoms with Crippen molar-refractivity contribution in [3.05, 3.63) is 0 Å². The molecule has 1 fully saturated rings. The summed E-state index contributed by atoms with van der Waals surface area (Å²) < 4.78 is 5.80.